The highest BCUT2D eigenvalue weighted by atomic mass is 16.5. The van der Waals surface area contributed by atoms with Crippen LogP contribution in [0.5, 0.6) is 0 Å². The van der Waals surface area contributed by atoms with E-state index in [-0.39, 0.29) is 38.2 Å². The number of hydrogen-bond donors (Lipinski definition) is 2. The number of aromatic nitrogens is 4. The first kappa shape index (κ1) is 24.2. The minimum atomic E-state index is -0.326. The fourth-order valence-corrected chi connectivity index (χ4v) is 4.44. The van der Waals surface area contributed by atoms with Gasteiger partial charge in [-0.2, -0.15) is 0 Å². The number of nitrogens with one attached hydrogen (secondary N) is 2. The van der Waals surface area contributed by atoms with E-state index in [0.717, 1.165) is 74.1 Å². The number of amides is 2. The molecule has 0 spiro atoms. The molecule has 0 saturated heterocycles. The first-order valence-electron chi connectivity index (χ1n) is 12.0. The van der Waals surface area contributed by atoms with Gasteiger partial charge in [0.1, 0.15) is 13.2 Å². The van der Waals surface area contributed by atoms with Gasteiger partial charge in [-0.25, -0.2) is 19.9 Å². The fourth-order valence-electron chi connectivity index (χ4n) is 4.44. The van der Waals surface area contributed by atoms with E-state index in [4.69, 9.17) is 9.47 Å². The molecule has 2 amide bonds. The third-order valence-corrected chi connectivity index (χ3v) is 6.12. The van der Waals surface area contributed by atoms with Crippen molar-refractivity contribution in [3.63, 3.8) is 0 Å². The lowest BCUT2D eigenvalue weighted by atomic mass is 9.95. The van der Waals surface area contributed by atoms with Gasteiger partial charge < -0.3 is 9.47 Å². The van der Waals surface area contributed by atoms with Crippen LogP contribution < -0.4 is 10.6 Å². The lowest BCUT2D eigenvalue weighted by Gasteiger charge is -2.17. The highest BCUT2D eigenvalue weighted by Gasteiger charge is 2.18. The first-order chi connectivity index (χ1) is 16.5. The van der Waals surface area contributed by atoms with Crippen LogP contribution in [0.4, 0.5) is 11.9 Å². The van der Waals surface area contributed by atoms with Gasteiger partial charge in [-0.05, 0) is 76.3 Å². The molecular formula is C24H32N6O4. The Morgan fingerprint density at radius 3 is 1.53 bits per heavy atom. The van der Waals surface area contributed by atoms with E-state index in [2.05, 4.69) is 30.6 Å². The van der Waals surface area contributed by atoms with Gasteiger partial charge in [0, 0.05) is 22.8 Å². The Morgan fingerprint density at radius 1 is 0.676 bits per heavy atom. The van der Waals surface area contributed by atoms with Gasteiger partial charge in [0.2, 0.25) is 11.9 Å². The number of anilines is 2. The Labute approximate surface area is 199 Å². The van der Waals surface area contributed by atoms with Crippen LogP contribution in [0, 0.1) is 13.8 Å². The Hall–Kier alpha value is -2.98. The van der Waals surface area contributed by atoms with Crippen molar-refractivity contribution in [2.24, 2.45) is 0 Å². The normalized spacial score (nSPS) is 14.8. The minimum absolute atomic E-state index is 0.142. The smallest absolute Gasteiger partial charge is 0.252 e. The molecule has 2 aliphatic carbocycles. The second-order valence-electron chi connectivity index (χ2n) is 8.73. The average Bonchev–Trinajstić information content (AvgIpc) is 2.81. The van der Waals surface area contributed by atoms with E-state index in [9.17, 15) is 9.59 Å². The number of fused-ring (bicyclic) bond motifs is 2. The zero-order valence-corrected chi connectivity index (χ0v) is 19.9. The third-order valence-electron chi connectivity index (χ3n) is 6.12. The second-order valence-corrected chi connectivity index (χ2v) is 8.73. The summed E-state index contributed by atoms with van der Waals surface area (Å²) in [6.45, 7) is 3.97. The molecule has 2 aromatic heterocycles. The molecule has 10 nitrogen and oxygen atoms in total. The van der Waals surface area contributed by atoms with E-state index < -0.39 is 0 Å². The van der Waals surface area contributed by atoms with Crippen LogP contribution in [-0.4, -0.2) is 58.2 Å². The summed E-state index contributed by atoms with van der Waals surface area (Å²) < 4.78 is 10.7. The van der Waals surface area contributed by atoms with Gasteiger partial charge in [-0.15, -0.1) is 0 Å². The van der Waals surface area contributed by atoms with E-state index >= 15 is 0 Å². The highest BCUT2D eigenvalue weighted by molar-refractivity contribution is 5.90. The molecule has 2 heterocycles. The summed E-state index contributed by atoms with van der Waals surface area (Å²) in [5, 5.41) is 5.38. The summed E-state index contributed by atoms with van der Waals surface area (Å²) in [6, 6.07) is 0. The van der Waals surface area contributed by atoms with Crippen LogP contribution in [0.1, 0.15) is 59.6 Å². The Bertz CT molecular complexity index is 975. The summed E-state index contributed by atoms with van der Waals surface area (Å²) in [6.07, 6.45) is 8.36. The number of nitrogens with zero attached hydrogens (tertiary/aromatic N) is 4. The molecule has 0 saturated carbocycles. The van der Waals surface area contributed by atoms with Crippen LogP contribution >= 0.6 is 0 Å². The van der Waals surface area contributed by atoms with Crippen molar-refractivity contribution in [2.75, 3.05) is 37.1 Å². The van der Waals surface area contributed by atoms with Crippen molar-refractivity contribution in [1.29, 1.82) is 0 Å². The van der Waals surface area contributed by atoms with Crippen molar-refractivity contribution in [3.8, 4) is 0 Å². The molecule has 0 radical (unpaired) electrons. The molecule has 4 rings (SSSR count). The third kappa shape index (κ3) is 6.32. The van der Waals surface area contributed by atoms with Gasteiger partial charge in [0.25, 0.3) is 11.8 Å². The van der Waals surface area contributed by atoms with Crippen molar-refractivity contribution >= 4 is 23.7 Å². The number of aryl methyl sites for hydroxylation is 4. The van der Waals surface area contributed by atoms with Gasteiger partial charge in [-0.1, -0.05) is 0 Å². The molecule has 0 aliphatic heterocycles. The largest absolute Gasteiger partial charge is 0.369 e. The van der Waals surface area contributed by atoms with Crippen LogP contribution in [0.15, 0.2) is 0 Å². The summed E-state index contributed by atoms with van der Waals surface area (Å²) in [4.78, 5) is 42.0. The molecule has 0 atom stereocenters. The highest BCUT2D eigenvalue weighted by Crippen LogP contribution is 2.23. The molecular weight excluding hydrogens is 436 g/mol. The average molecular weight is 469 g/mol. The molecule has 2 aliphatic rings. The molecule has 10 heteroatoms. The summed E-state index contributed by atoms with van der Waals surface area (Å²) in [7, 11) is 0. The lowest BCUT2D eigenvalue weighted by Crippen LogP contribution is -2.24. The van der Waals surface area contributed by atoms with Crippen LogP contribution in [0.3, 0.4) is 0 Å². The Balaban J connectivity index is 1.12. The van der Waals surface area contributed by atoms with Crippen molar-refractivity contribution in [1.82, 2.24) is 19.9 Å². The van der Waals surface area contributed by atoms with Gasteiger partial charge in [0.15, 0.2) is 0 Å². The molecule has 0 fully saturated rings. The SMILES string of the molecule is Cc1nc(NC(=O)COCCOCC(=O)Nc2nc(C)c3c(n2)CCCC3)nc2c1CCCC2. The van der Waals surface area contributed by atoms with Crippen molar-refractivity contribution in [3.05, 3.63) is 33.9 Å². The quantitative estimate of drug-likeness (QED) is 0.536. The number of hydrogen-bond acceptors (Lipinski definition) is 8. The maximum atomic E-state index is 12.1. The standard InChI is InChI=1S/C24H32N6O4/c1-15-17-7-3-5-9-19(17)27-23(25-15)29-21(31)13-33-11-12-34-14-22(32)30-24-26-16(2)18-8-4-6-10-20(18)28-24/h3-14H2,1-2H3,(H,25,27,29,31)(H,26,28,30,32). The summed E-state index contributed by atoms with van der Waals surface area (Å²) in [5.41, 5.74) is 6.30. The lowest BCUT2D eigenvalue weighted by molar-refractivity contribution is -0.124. The molecule has 0 unspecified atom stereocenters. The number of carbonyl (C=O) groups excluding carboxylic acids is 2. The Kier molecular flexibility index (Phi) is 8.12. The molecule has 0 bridgehead atoms. The predicted molar refractivity (Wildman–Crippen MR) is 126 cm³/mol. The maximum Gasteiger partial charge on any atom is 0.252 e. The van der Waals surface area contributed by atoms with E-state index in [1.165, 1.54) is 11.1 Å². The van der Waals surface area contributed by atoms with Crippen LogP contribution in [-0.2, 0) is 44.7 Å². The van der Waals surface area contributed by atoms with Crippen molar-refractivity contribution in [2.45, 2.75) is 65.2 Å². The van der Waals surface area contributed by atoms with Gasteiger partial charge in [-0.3, -0.25) is 20.2 Å². The zero-order chi connectivity index (χ0) is 23.9. The summed E-state index contributed by atoms with van der Waals surface area (Å²) in [5.74, 6) is -0.0146. The summed E-state index contributed by atoms with van der Waals surface area (Å²) >= 11 is 0. The monoisotopic (exact) mass is 468 g/mol. The Morgan fingerprint density at radius 2 is 1.09 bits per heavy atom. The molecule has 2 aromatic rings. The minimum Gasteiger partial charge on any atom is -0.369 e. The van der Waals surface area contributed by atoms with Gasteiger partial charge in [0.05, 0.1) is 13.2 Å². The predicted octanol–water partition coefficient (Wildman–Crippen LogP) is 2.25. The first-order valence-corrected chi connectivity index (χ1v) is 12.0. The fraction of sp³-hybridized carbons (Fsp3) is 0.583. The van der Waals surface area contributed by atoms with Crippen molar-refractivity contribution < 1.29 is 19.1 Å². The second kappa shape index (κ2) is 11.4. The zero-order valence-electron chi connectivity index (χ0n) is 19.9. The van der Waals surface area contributed by atoms with Gasteiger partial charge >= 0.3 is 0 Å². The van der Waals surface area contributed by atoms with E-state index in [0.29, 0.717) is 11.9 Å². The molecule has 0 aromatic carbocycles. The van der Waals surface area contributed by atoms with E-state index in [1.54, 1.807) is 0 Å². The number of ether oxygens (including phenoxy) is 2. The van der Waals surface area contributed by atoms with Crippen LogP contribution in [0.25, 0.3) is 0 Å². The molecule has 34 heavy (non-hydrogen) atoms. The van der Waals surface area contributed by atoms with Crippen LogP contribution in [0.2, 0.25) is 0 Å². The van der Waals surface area contributed by atoms with E-state index in [1.807, 2.05) is 13.8 Å². The molecule has 2 N–H and O–H groups in total. The maximum absolute atomic E-state index is 12.1. The number of carbonyl (C=O) groups is 2. The topological polar surface area (TPSA) is 128 Å². The molecule has 182 valence electrons. The number of rotatable bonds is 9.